The maximum Gasteiger partial charge on any atom is 0.419 e. The predicted molar refractivity (Wildman–Crippen MR) is 97.2 cm³/mol. The molecule has 3 heterocycles. The molecule has 1 aliphatic heterocycles. The Kier molecular flexibility index (Phi) is 4.50. The maximum atomic E-state index is 14.1. The number of nitrogens with zero attached hydrogens (tertiary/aromatic N) is 5. The Balaban J connectivity index is 1.66. The van der Waals surface area contributed by atoms with Crippen molar-refractivity contribution in [1.29, 1.82) is 0 Å². The van der Waals surface area contributed by atoms with Crippen molar-refractivity contribution < 1.29 is 22.0 Å². The number of aryl methyl sites for hydroxylation is 1. The standard InChI is InChI=1S/C16H17FN6O5S/c1-21-13-3-2-11(5-14(13)28-16(21)25)29(26,27)23-6-9(17)4-10(23)7-22-8-12(15(18)24)19-20-22/h2-3,5,8-10H,4,6-7H2,1H3,(H2,18,24). The maximum absolute atomic E-state index is 14.1. The molecule has 0 saturated carbocycles. The molecule has 1 saturated heterocycles. The van der Waals surface area contributed by atoms with Gasteiger partial charge in [0.1, 0.15) is 6.17 Å². The molecule has 13 heteroatoms. The summed E-state index contributed by atoms with van der Waals surface area (Å²) in [5, 5.41) is 7.34. The van der Waals surface area contributed by atoms with Crippen molar-refractivity contribution in [3.63, 3.8) is 0 Å². The minimum Gasteiger partial charge on any atom is -0.408 e. The summed E-state index contributed by atoms with van der Waals surface area (Å²) in [6.07, 6.45) is -0.107. The Hall–Kier alpha value is -3.06. The molecule has 2 unspecified atom stereocenters. The first kappa shape index (κ1) is 19.3. The van der Waals surface area contributed by atoms with Crippen LogP contribution >= 0.6 is 0 Å². The lowest BCUT2D eigenvalue weighted by Gasteiger charge is -2.23. The van der Waals surface area contributed by atoms with Crippen LogP contribution in [0.2, 0.25) is 0 Å². The fourth-order valence-corrected chi connectivity index (χ4v) is 5.09. The summed E-state index contributed by atoms with van der Waals surface area (Å²) in [5.41, 5.74) is 5.62. The van der Waals surface area contributed by atoms with Gasteiger partial charge in [0.15, 0.2) is 11.3 Å². The molecule has 2 aromatic heterocycles. The molecule has 1 aromatic carbocycles. The quantitative estimate of drug-likeness (QED) is 0.587. The van der Waals surface area contributed by atoms with Crippen LogP contribution in [-0.4, -0.2) is 56.9 Å². The van der Waals surface area contributed by atoms with Crippen molar-refractivity contribution in [3.05, 3.63) is 40.6 Å². The van der Waals surface area contributed by atoms with Gasteiger partial charge in [0.05, 0.1) is 23.2 Å². The number of sulfonamides is 1. The highest BCUT2D eigenvalue weighted by Gasteiger charge is 2.41. The van der Waals surface area contributed by atoms with Crippen LogP contribution in [0.4, 0.5) is 4.39 Å². The van der Waals surface area contributed by atoms with E-state index in [9.17, 15) is 22.4 Å². The number of oxazole rings is 1. The van der Waals surface area contributed by atoms with Crippen LogP contribution in [0, 0.1) is 0 Å². The number of rotatable bonds is 5. The normalized spacial score (nSPS) is 20.5. The van der Waals surface area contributed by atoms with Gasteiger partial charge in [0, 0.05) is 25.7 Å². The van der Waals surface area contributed by atoms with E-state index in [1.807, 2.05) is 0 Å². The largest absolute Gasteiger partial charge is 0.419 e. The van der Waals surface area contributed by atoms with Crippen LogP contribution in [-0.2, 0) is 23.6 Å². The summed E-state index contributed by atoms with van der Waals surface area (Å²) < 4.78 is 49.0. The number of carbonyl (C=O) groups is 1. The van der Waals surface area contributed by atoms with Crippen molar-refractivity contribution in [3.8, 4) is 0 Å². The first-order valence-corrected chi connectivity index (χ1v) is 10.1. The minimum absolute atomic E-state index is 0.00257. The van der Waals surface area contributed by atoms with Crippen LogP contribution < -0.4 is 11.5 Å². The third kappa shape index (κ3) is 3.31. The number of halogens is 1. The number of alkyl halides is 1. The molecule has 0 aliphatic carbocycles. The monoisotopic (exact) mass is 424 g/mol. The predicted octanol–water partition coefficient (Wildman–Crippen LogP) is -0.377. The van der Waals surface area contributed by atoms with Gasteiger partial charge in [0.25, 0.3) is 5.91 Å². The van der Waals surface area contributed by atoms with Crippen molar-refractivity contribution in [1.82, 2.24) is 23.9 Å². The number of hydrogen-bond acceptors (Lipinski definition) is 7. The SMILES string of the molecule is Cn1c(=O)oc2cc(S(=O)(=O)N3CC(F)CC3Cn3cc(C(N)=O)nn3)ccc21. The Morgan fingerprint density at radius 1 is 1.41 bits per heavy atom. The molecule has 2 N–H and O–H groups in total. The Morgan fingerprint density at radius 2 is 2.17 bits per heavy atom. The summed E-state index contributed by atoms with van der Waals surface area (Å²) in [5.74, 6) is -1.39. The molecule has 29 heavy (non-hydrogen) atoms. The third-order valence-corrected chi connectivity index (χ3v) is 6.79. The molecule has 0 bridgehead atoms. The van der Waals surface area contributed by atoms with Crippen LogP contribution in [0.25, 0.3) is 11.1 Å². The minimum atomic E-state index is -4.08. The molecule has 1 aliphatic rings. The fraction of sp³-hybridized carbons (Fsp3) is 0.375. The van der Waals surface area contributed by atoms with Crippen LogP contribution in [0.3, 0.4) is 0 Å². The number of fused-ring (bicyclic) bond motifs is 1. The molecule has 2 atom stereocenters. The van der Waals surface area contributed by atoms with Gasteiger partial charge >= 0.3 is 5.76 Å². The molecule has 4 rings (SSSR count). The van der Waals surface area contributed by atoms with Gasteiger partial charge in [-0.25, -0.2) is 17.6 Å². The second-order valence-electron chi connectivity index (χ2n) is 6.81. The lowest BCUT2D eigenvalue weighted by molar-refractivity contribution is 0.0995. The second-order valence-corrected chi connectivity index (χ2v) is 8.70. The fourth-order valence-electron chi connectivity index (χ4n) is 3.42. The summed E-state index contributed by atoms with van der Waals surface area (Å²) in [6, 6.07) is 3.31. The van der Waals surface area contributed by atoms with E-state index >= 15 is 0 Å². The molecule has 1 amide bonds. The van der Waals surface area contributed by atoms with Gasteiger partial charge in [0.2, 0.25) is 10.0 Å². The topological polar surface area (TPSA) is 146 Å². The highest BCUT2D eigenvalue weighted by molar-refractivity contribution is 7.89. The van der Waals surface area contributed by atoms with E-state index in [0.717, 1.165) is 4.31 Å². The molecule has 1 fully saturated rings. The Labute approximate surface area is 163 Å². The zero-order valence-corrected chi connectivity index (χ0v) is 16.0. The first-order valence-electron chi connectivity index (χ1n) is 8.62. The van der Waals surface area contributed by atoms with Gasteiger partial charge in [-0.3, -0.25) is 14.0 Å². The smallest absolute Gasteiger partial charge is 0.408 e. The lowest BCUT2D eigenvalue weighted by atomic mass is 10.2. The molecule has 3 aromatic rings. The average Bonchev–Trinajstić information content (AvgIpc) is 3.34. The van der Waals surface area contributed by atoms with E-state index < -0.39 is 33.9 Å². The highest BCUT2D eigenvalue weighted by atomic mass is 32.2. The average molecular weight is 424 g/mol. The number of primary amides is 1. The van der Waals surface area contributed by atoms with Crippen molar-refractivity contribution in [2.24, 2.45) is 12.8 Å². The number of amides is 1. The molecule has 0 radical (unpaired) electrons. The summed E-state index contributed by atoms with van der Waals surface area (Å²) >= 11 is 0. The second kappa shape index (κ2) is 6.77. The highest BCUT2D eigenvalue weighted by Crippen LogP contribution is 2.30. The number of benzene rings is 1. The Bertz CT molecular complexity index is 1260. The molecule has 154 valence electrons. The summed E-state index contributed by atoms with van der Waals surface area (Å²) in [4.78, 5) is 22.7. The van der Waals surface area contributed by atoms with Gasteiger partial charge in [-0.15, -0.1) is 5.10 Å². The van der Waals surface area contributed by atoms with Gasteiger partial charge in [-0.05, 0) is 18.6 Å². The molecule has 11 nitrogen and oxygen atoms in total. The van der Waals surface area contributed by atoms with Crippen LogP contribution in [0.5, 0.6) is 0 Å². The lowest BCUT2D eigenvalue weighted by Crippen LogP contribution is -2.38. The van der Waals surface area contributed by atoms with E-state index in [4.69, 9.17) is 10.2 Å². The van der Waals surface area contributed by atoms with E-state index in [1.165, 1.54) is 40.7 Å². The molecule has 0 spiro atoms. The zero-order valence-electron chi connectivity index (χ0n) is 15.2. The van der Waals surface area contributed by atoms with Crippen molar-refractivity contribution in [2.75, 3.05) is 6.54 Å². The Morgan fingerprint density at radius 3 is 2.86 bits per heavy atom. The van der Waals surface area contributed by atoms with E-state index in [2.05, 4.69) is 10.3 Å². The van der Waals surface area contributed by atoms with Gasteiger partial charge in [-0.2, -0.15) is 4.31 Å². The van der Waals surface area contributed by atoms with Crippen LogP contribution in [0.1, 0.15) is 16.9 Å². The number of nitrogens with two attached hydrogens (primary N) is 1. The number of hydrogen-bond donors (Lipinski definition) is 1. The summed E-state index contributed by atoms with van der Waals surface area (Å²) in [7, 11) is -2.57. The number of aromatic nitrogens is 4. The van der Waals surface area contributed by atoms with Gasteiger partial charge in [-0.1, -0.05) is 5.21 Å². The molecular weight excluding hydrogens is 407 g/mol. The molecular formula is C16H17FN6O5S. The van der Waals surface area contributed by atoms with Crippen molar-refractivity contribution >= 4 is 27.0 Å². The van der Waals surface area contributed by atoms with E-state index in [0.29, 0.717) is 5.52 Å². The van der Waals surface area contributed by atoms with E-state index in [1.54, 1.807) is 0 Å². The first-order chi connectivity index (χ1) is 13.7. The van der Waals surface area contributed by atoms with Crippen molar-refractivity contribution in [2.45, 2.75) is 30.1 Å². The number of carbonyl (C=O) groups excluding carboxylic acids is 1. The van der Waals surface area contributed by atoms with Crippen LogP contribution in [0.15, 0.2) is 38.5 Å². The zero-order chi connectivity index (χ0) is 20.9. The summed E-state index contributed by atoms with van der Waals surface area (Å²) in [6.45, 7) is -0.316. The van der Waals surface area contributed by atoms with Gasteiger partial charge < -0.3 is 10.2 Å². The van der Waals surface area contributed by atoms with E-state index in [-0.39, 0.29) is 35.7 Å². The third-order valence-electron chi connectivity index (χ3n) is 4.87.